The SMILES string of the molecule is COP(=O)(OC)C(O)(CC(C)=O)P(=O)(OC)OC. The minimum atomic E-state index is -4.29. The highest BCUT2D eigenvalue weighted by Gasteiger charge is 2.64. The molecule has 0 fully saturated rings. The van der Waals surface area contributed by atoms with Crippen LogP contribution in [-0.4, -0.2) is 44.4 Å². The fraction of sp³-hybridized carbons (Fsp3) is 0.875. The summed E-state index contributed by atoms with van der Waals surface area (Å²) in [4.78, 5) is 11.2. The van der Waals surface area contributed by atoms with Gasteiger partial charge in [-0.1, -0.05) is 0 Å². The zero-order valence-electron chi connectivity index (χ0n) is 10.9. The molecule has 10 heteroatoms. The number of ketones is 1. The quantitative estimate of drug-likeness (QED) is 0.673. The maximum Gasteiger partial charge on any atom is 0.374 e. The van der Waals surface area contributed by atoms with Gasteiger partial charge < -0.3 is 23.2 Å². The minimum absolute atomic E-state index is 0.582. The van der Waals surface area contributed by atoms with Gasteiger partial charge in [-0.25, -0.2) is 0 Å². The van der Waals surface area contributed by atoms with Gasteiger partial charge in [-0.15, -0.1) is 0 Å². The van der Waals surface area contributed by atoms with Gasteiger partial charge >= 0.3 is 15.2 Å². The van der Waals surface area contributed by atoms with Crippen molar-refractivity contribution >= 4 is 21.0 Å². The summed E-state index contributed by atoms with van der Waals surface area (Å²) < 4.78 is 43.0. The van der Waals surface area contributed by atoms with E-state index in [1.165, 1.54) is 0 Å². The normalized spacial score (nSPS) is 13.7. The molecule has 0 rings (SSSR count). The van der Waals surface area contributed by atoms with E-state index in [0.29, 0.717) is 0 Å². The predicted molar refractivity (Wildman–Crippen MR) is 63.5 cm³/mol. The second-order valence-corrected chi connectivity index (χ2v) is 8.66. The van der Waals surface area contributed by atoms with E-state index in [-0.39, 0.29) is 0 Å². The van der Waals surface area contributed by atoms with E-state index < -0.39 is 32.5 Å². The summed E-state index contributed by atoms with van der Waals surface area (Å²) in [7, 11) is -4.62. The van der Waals surface area contributed by atoms with Gasteiger partial charge in [-0.2, -0.15) is 0 Å². The van der Waals surface area contributed by atoms with E-state index in [0.717, 1.165) is 35.4 Å². The van der Waals surface area contributed by atoms with Crippen LogP contribution in [0, 0.1) is 0 Å². The van der Waals surface area contributed by atoms with Gasteiger partial charge in [0.15, 0.2) is 0 Å². The third kappa shape index (κ3) is 2.91. The Morgan fingerprint density at radius 2 is 1.28 bits per heavy atom. The van der Waals surface area contributed by atoms with Crippen molar-refractivity contribution in [1.82, 2.24) is 0 Å². The largest absolute Gasteiger partial charge is 0.374 e. The fourth-order valence-electron chi connectivity index (χ4n) is 1.41. The van der Waals surface area contributed by atoms with Crippen LogP contribution in [0.1, 0.15) is 13.3 Å². The summed E-state index contributed by atoms with van der Waals surface area (Å²) in [6.07, 6.45) is -0.759. The third-order valence-electron chi connectivity index (χ3n) is 2.32. The maximum absolute atomic E-state index is 12.3. The molecule has 0 saturated carbocycles. The molecule has 8 nitrogen and oxygen atoms in total. The maximum atomic E-state index is 12.3. The molecule has 0 heterocycles. The Bertz CT molecular complexity index is 351. The summed E-state index contributed by atoms with van der Waals surface area (Å²) in [5, 5.41) is 7.68. The highest BCUT2D eigenvalue weighted by atomic mass is 31.2. The molecule has 0 amide bonds. The number of aliphatic hydroxyl groups is 1. The summed E-state index contributed by atoms with van der Waals surface area (Å²) in [6.45, 7) is 1.12. The first-order valence-corrected chi connectivity index (χ1v) is 7.90. The molecular formula is C8H18O8P2. The molecule has 0 radical (unpaired) electrons. The molecule has 0 saturated heterocycles. The molecule has 0 aromatic rings. The number of Topliss-reactive ketones (excluding diaryl/α,β-unsaturated/α-hetero) is 1. The van der Waals surface area contributed by atoms with Crippen LogP contribution in [0.15, 0.2) is 0 Å². The Kier molecular flexibility index (Phi) is 6.36. The van der Waals surface area contributed by atoms with Crippen molar-refractivity contribution in [2.45, 2.75) is 18.4 Å². The van der Waals surface area contributed by atoms with Crippen molar-refractivity contribution in [2.24, 2.45) is 0 Å². The lowest BCUT2D eigenvalue weighted by Crippen LogP contribution is -2.33. The van der Waals surface area contributed by atoms with Crippen molar-refractivity contribution in [1.29, 1.82) is 0 Å². The average molecular weight is 304 g/mol. The van der Waals surface area contributed by atoms with E-state index in [4.69, 9.17) is 0 Å². The Labute approximate surface area is 106 Å². The summed E-state index contributed by atoms with van der Waals surface area (Å²) in [6, 6.07) is 0. The molecule has 0 aromatic carbocycles. The predicted octanol–water partition coefficient (Wildman–Crippen LogP) is 1.58. The summed E-state index contributed by atoms with van der Waals surface area (Å²) in [5.74, 6) is -0.582. The van der Waals surface area contributed by atoms with Crippen molar-refractivity contribution in [3.8, 4) is 0 Å². The first-order chi connectivity index (χ1) is 8.16. The zero-order valence-corrected chi connectivity index (χ0v) is 12.7. The first-order valence-electron chi connectivity index (χ1n) is 4.81. The van der Waals surface area contributed by atoms with Crippen molar-refractivity contribution in [2.75, 3.05) is 28.4 Å². The zero-order chi connectivity index (χ0) is 14.6. The Morgan fingerprint density at radius 3 is 1.44 bits per heavy atom. The molecule has 0 spiro atoms. The molecule has 108 valence electrons. The number of hydrogen-bond acceptors (Lipinski definition) is 8. The van der Waals surface area contributed by atoms with Gasteiger partial charge in [0.2, 0.25) is 0 Å². The van der Waals surface area contributed by atoms with Crippen LogP contribution in [0.2, 0.25) is 0 Å². The lowest BCUT2D eigenvalue weighted by atomic mass is 10.3. The Morgan fingerprint density at radius 1 is 1.00 bits per heavy atom. The molecule has 18 heavy (non-hydrogen) atoms. The molecule has 0 aromatic heterocycles. The van der Waals surface area contributed by atoms with E-state index in [9.17, 15) is 19.0 Å². The number of carbonyl (C=O) groups excluding carboxylic acids is 1. The Balaban J connectivity index is 5.95. The van der Waals surface area contributed by atoms with Crippen LogP contribution in [-0.2, 0) is 32.0 Å². The molecule has 0 aliphatic carbocycles. The molecular weight excluding hydrogens is 286 g/mol. The number of carbonyl (C=O) groups is 1. The van der Waals surface area contributed by atoms with Gasteiger partial charge in [0.1, 0.15) is 5.78 Å². The third-order valence-corrected chi connectivity index (χ3v) is 7.79. The highest BCUT2D eigenvalue weighted by molar-refractivity contribution is 7.73. The molecule has 0 bridgehead atoms. The monoisotopic (exact) mass is 304 g/mol. The van der Waals surface area contributed by atoms with E-state index in [1.54, 1.807) is 0 Å². The lowest BCUT2D eigenvalue weighted by Gasteiger charge is -2.35. The second kappa shape index (κ2) is 6.39. The standard InChI is InChI=1S/C8H18O8P2/c1-7(9)6-8(10,17(11,13-2)14-3)18(12,15-4)16-5/h10H,6H2,1-5H3. The first kappa shape index (κ1) is 17.9. The fourth-order valence-corrected chi connectivity index (χ4v) is 5.89. The van der Waals surface area contributed by atoms with Gasteiger partial charge in [0.05, 0.1) is 6.42 Å². The van der Waals surface area contributed by atoms with E-state index >= 15 is 0 Å². The van der Waals surface area contributed by atoms with Crippen LogP contribution >= 0.6 is 15.2 Å². The smallest absolute Gasteiger partial charge is 0.367 e. The molecule has 0 unspecified atom stereocenters. The van der Waals surface area contributed by atoms with Crippen molar-refractivity contribution < 1.29 is 37.1 Å². The van der Waals surface area contributed by atoms with Crippen LogP contribution < -0.4 is 0 Å². The molecule has 1 N–H and O–H groups in total. The van der Waals surface area contributed by atoms with E-state index in [1.807, 2.05) is 0 Å². The second-order valence-electron chi connectivity index (χ2n) is 3.38. The molecule has 0 aliphatic heterocycles. The van der Waals surface area contributed by atoms with Crippen molar-refractivity contribution in [3.63, 3.8) is 0 Å². The molecule has 0 atom stereocenters. The minimum Gasteiger partial charge on any atom is -0.367 e. The molecule has 0 aliphatic rings. The van der Waals surface area contributed by atoms with Gasteiger partial charge in [-0.05, 0) is 6.92 Å². The van der Waals surface area contributed by atoms with Gasteiger partial charge in [0, 0.05) is 28.4 Å². The van der Waals surface area contributed by atoms with Crippen LogP contribution in [0.4, 0.5) is 0 Å². The topological polar surface area (TPSA) is 108 Å². The van der Waals surface area contributed by atoms with Crippen LogP contribution in [0.25, 0.3) is 0 Å². The summed E-state index contributed by atoms with van der Waals surface area (Å²) in [5.41, 5.74) is 0. The van der Waals surface area contributed by atoms with Crippen molar-refractivity contribution in [3.05, 3.63) is 0 Å². The number of hydrogen-bond donors (Lipinski definition) is 1. The Hall–Kier alpha value is -0.0700. The highest BCUT2D eigenvalue weighted by Crippen LogP contribution is 2.76. The number of rotatable bonds is 8. The van der Waals surface area contributed by atoms with Crippen LogP contribution in [0.5, 0.6) is 0 Å². The average Bonchev–Trinajstić information content (AvgIpc) is 2.35. The van der Waals surface area contributed by atoms with Crippen LogP contribution in [0.3, 0.4) is 0 Å². The van der Waals surface area contributed by atoms with E-state index in [2.05, 4.69) is 18.1 Å². The van der Waals surface area contributed by atoms with Gasteiger partial charge in [-0.3, -0.25) is 13.9 Å². The van der Waals surface area contributed by atoms with Gasteiger partial charge in [0.25, 0.3) is 5.08 Å². The lowest BCUT2D eigenvalue weighted by molar-refractivity contribution is -0.119. The summed E-state index contributed by atoms with van der Waals surface area (Å²) >= 11 is 0.